The molecule has 1 aliphatic heterocycles. The van der Waals surface area contributed by atoms with Gasteiger partial charge in [0, 0.05) is 17.1 Å². The Morgan fingerprint density at radius 1 is 1.23 bits per heavy atom. The molecule has 1 aliphatic rings. The summed E-state index contributed by atoms with van der Waals surface area (Å²) < 4.78 is 34.4. The van der Waals surface area contributed by atoms with Gasteiger partial charge < -0.3 is 20.7 Å². The van der Waals surface area contributed by atoms with Crippen LogP contribution in [0.1, 0.15) is 15.9 Å². The van der Waals surface area contributed by atoms with Crippen LogP contribution in [0.3, 0.4) is 0 Å². The summed E-state index contributed by atoms with van der Waals surface area (Å²) >= 11 is 5.74. The number of anilines is 2. The second kappa shape index (κ2) is 8.73. The van der Waals surface area contributed by atoms with Crippen molar-refractivity contribution in [2.75, 3.05) is 23.3 Å². The third-order valence-corrected chi connectivity index (χ3v) is 5.01. The Morgan fingerprint density at radius 2 is 2.03 bits per heavy atom. The van der Waals surface area contributed by atoms with Gasteiger partial charge in [0.15, 0.2) is 23.2 Å². The fourth-order valence-corrected chi connectivity index (χ4v) is 3.32. The lowest BCUT2D eigenvalue weighted by Gasteiger charge is -2.39. The first-order valence-corrected chi connectivity index (χ1v) is 9.78. The van der Waals surface area contributed by atoms with E-state index < -0.39 is 17.5 Å². The minimum atomic E-state index is -0.607. The summed E-state index contributed by atoms with van der Waals surface area (Å²) in [6.07, 6.45) is 0.950. The molecule has 2 heterocycles. The lowest BCUT2D eigenvalue weighted by Crippen LogP contribution is -2.54. The van der Waals surface area contributed by atoms with Crippen LogP contribution in [0.5, 0.6) is 5.75 Å². The van der Waals surface area contributed by atoms with E-state index in [2.05, 4.69) is 15.3 Å². The molecule has 2 aromatic carbocycles. The van der Waals surface area contributed by atoms with Gasteiger partial charge in [-0.25, -0.2) is 14.4 Å². The number of rotatable bonds is 7. The highest BCUT2D eigenvalue weighted by Crippen LogP contribution is 2.29. The zero-order valence-corrected chi connectivity index (χ0v) is 16.9. The molecule has 31 heavy (non-hydrogen) atoms. The van der Waals surface area contributed by atoms with Crippen LogP contribution in [0.15, 0.2) is 48.8 Å². The molecular formula is C21H18ClF2N5O2. The van der Waals surface area contributed by atoms with E-state index in [-0.39, 0.29) is 35.1 Å². The fourth-order valence-electron chi connectivity index (χ4n) is 3.16. The Bertz CT molecular complexity index is 1120. The highest BCUT2D eigenvalue weighted by molar-refractivity contribution is 6.30. The van der Waals surface area contributed by atoms with E-state index in [4.69, 9.17) is 22.1 Å². The van der Waals surface area contributed by atoms with Crippen molar-refractivity contribution in [2.45, 2.75) is 12.6 Å². The van der Waals surface area contributed by atoms with Crippen molar-refractivity contribution in [3.8, 4) is 5.75 Å². The normalized spacial score (nSPS) is 13.6. The van der Waals surface area contributed by atoms with Gasteiger partial charge in [-0.15, -0.1) is 0 Å². The van der Waals surface area contributed by atoms with Crippen molar-refractivity contribution >= 4 is 29.1 Å². The molecule has 7 nitrogen and oxygen atoms in total. The van der Waals surface area contributed by atoms with Crippen molar-refractivity contribution in [3.63, 3.8) is 0 Å². The third-order valence-electron chi connectivity index (χ3n) is 4.78. The summed E-state index contributed by atoms with van der Waals surface area (Å²) in [4.78, 5) is 20.9. The van der Waals surface area contributed by atoms with Crippen molar-refractivity contribution in [3.05, 3.63) is 76.6 Å². The topological polar surface area (TPSA) is 93.4 Å². The van der Waals surface area contributed by atoms with Crippen molar-refractivity contribution in [2.24, 2.45) is 5.73 Å². The SMILES string of the molecule is NC(=O)c1cccc(CNc2ncnc(N3CC(Oc4ccc(Cl)cc4F)C3)c2F)c1. The monoisotopic (exact) mass is 445 g/mol. The zero-order chi connectivity index (χ0) is 22.0. The predicted molar refractivity (Wildman–Crippen MR) is 112 cm³/mol. The van der Waals surface area contributed by atoms with Crippen LogP contribution in [0.4, 0.5) is 20.4 Å². The number of primary amides is 1. The predicted octanol–water partition coefficient (Wildman–Crippen LogP) is 3.39. The van der Waals surface area contributed by atoms with Gasteiger partial charge in [-0.05, 0) is 35.9 Å². The lowest BCUT2D eigenvalue weighted by molar-refractivity contribution is 0.1000. The molecule has 0 unspecified atom stereocenters. The van der Waals surface area contributed by atoms with E-state index in [1.807, 2.05) is 0 Å². The van der Waals surface area contributed by atoms with Crippen molar-refractivity contribution < 1.29 is 18.3 Å². The van der Waals surface area contributed by atoms with E-state index >= 15 is 0 Å². The quantitative estimate of drug-likeness (QED) is 0.579. The van der Waals surface area contributed by atoms with Crippen LogP contribution in [-0.4, -0.2) is 35.1 Å². The summed E-state index contributed by atoms with van der Waals surface area (Å²) in [6.45, 7) is 0.933. The second-order valence-electron chi connectivity index (χ2n) is 7.00. The molecule has 1 fully saturated rings. The first-order chi connectivity index (χ1) is 14.9. The van der Waals surface area contributed by atoms with Gasteiger partial charge in [-0.3, -0.25) is 4.79 Å². The van der Waals surface area contributed by atoms with Crippen molar-refractivity contribution in [1.82, 2.24) is 9.97 Å². The summed E-state index contributed by atoms with van der Waals surface area (Å²) in [5.74, 6) is -1.44. The molecule has 0 bridgehead atoms. The van der Waals surface area contributed by atoms with Gasteiger partial charge in [0.2, 0.25) is 11.7 Å². The van der Waals surface area contributed by atoms with Crippen LogP contribution in [0.2, 0.25) is 5.02 Å². The molecule has 0 saturated carbocycles. The van der Waals surface area contributed by atoms with E-state index in [9.17, 15) is 13.6 Å². The molecule has 1 aromatic heterocycles. The van der Waals surface area contributed by atoms with Gasteiger partial charge in [0.05, 0.1) is 13.1 Å². The number of hydrogen-bond donors (Lipinski definition) is 2. The highest BCUT2D eigenvalue weighted by Gasteiger charge is 2.32. The van der Waals surface area contributed by atoms with E-state index in [0.29, 0.717) is 18.7 Å². The van der Waals surface area contributed by atoms with Crippen LogP contribution in [0.25, 0.3) is 0 Å². The van der Waals surface area contributed by atoms with Crippen molar-refractivity contribution in [1.29, 1.82) is 0 Å². The number of nitrogens with one attached hydrogen (secondary N) is 1. The number of hydrogen-bond acceptors (Lipinski definition) is 6. The van der Waals surface area contributed by atoms with Gasteiger partial charge in [0.1, 0.15) is 12.4 Å². The molecule has 10 heteroatoms. The maximum absolute atomic E-state index is 14.9. The molecule has 1 saturated heterocycles. The fraction of sp³-hybridized carbons (Fsp3) is 0.190. The second-order valence-corrected chi connectivity index (χ2v) is 7.43. The van der Waals surface area contributed by atoms with Crippen LogP contribution in [0, 0.1) is 11.6 Å². The molecule has 3 N–H and O–H groups in total. The molecule has 1 amide bonds. The van der Waals surface area contributed by atoms with E-state index in [1.54, 1.807) is 29.2 Å². The minimum absolute atomic E-state index is 0.0302. The Morgan fingerprint density at radius 3 is 2.77 bits per heavy atom. The average molecular weight is 446 g/mol. The summed E-state index contributed by atoms with van der Waals surface area (Å²) in [7, 11) is 0. The number of nitrogens with zero attached hydrogens (tertiary/aromatic N) is 3. The number of carbonyl (C=O) groups is 1. The lowest BCUT2D eigenvalue weighted by atomic mass is 10.1. The molecule has 0 atom stereocenters. The van der Waals surface area contributed by atoms with Gasteiger partial charge in [-0.1, -0.05) is 23.7 Å². The van der Waals surface area contributed by atoms with E-state index in [1.165, 1.54) is 24.5 Å². The average Bonchev–Trinajstić information content (AvgIpc) is 2.71. The van der Waals surface area contributed by atoms with Crippen LogP contribution in [-0.2, 0) is 6.54 Å². The van der Waals surface area contributed by atoms with Crippen LogP contribution >= 0.6 is 11.6 Å². The van der Waals surface area contributed by atoms with Gasteiger partial charge >= 0.3 is 0 Å². The smallest absolute Gasteiger partial charge is 0.248 e. The first kappa shape index (κ1) is 20.8. The van der Waals surface area contributed by atoms with Gasteiger partial charge in [-0.2, -0.15) is 4.39 Å². The maximum atomic E-state index is 14.9. The molecule has 4 rings (SSSR count). The van der Waals surface area contributed by atoms with Gasteiger partial charge in [0.25, 0.3) is 0 Å². The summed E-state index contributed by atoms with van der Waals surface area (Å²) in [5.41, 5.74) is 6.40. The van der Waals surface area contributed by atoms with E-state index in [0.717, 1.165) is 5.56 Å². The number of ether oxygens (including phenoxy) is 1. The number of carbonyl (C=O) groups excluding carboxylic acids is 1. The summed E-state index contributed by atoms with van der Waals surface area (Å²) in [5, 5.41) is 3.19. The number of amides is 1. The Balaban J connectivity index is 1.38. The molecule has 160 valence electrons. The standard InChI is InChI=1S/C21H18ClF2N5O2/c22-14-4-5-17(16(23)7-14)31-15-9-29(10-15)21-18(24)20(27-11-28-21)26-8-12-2-1-3-13(6-12)19(25)30/h1-7,11,15H,8-10H2,(H2,25,30)(H,26,27,28). The number of nitrogens with two attached hydrogens (primary N) is 1. The number of halogens is 3. The highest BCUT2D eigenvalue weighted by atomic mass is 35.5. The first-order valence-electron chi connectivity index (χ1n) is 9.40. The minimum Gasteiger partial charge on any atom is -0.484 e. The Kier molecular flexibility index (Phi) is 5.85. The number of benzene rings is 2. The Labute approximate surface area is 181 Å². The van der Waals surface area contributed by atoms with Crippen LogP contribution < -0.4 is 20.7 Å². The zero-order valence-electron chi connectivity index (χ0n) is 16.2. The third kappa shape index (κ3) is 4.66. The molecule has 0 spiro atoms. The maximum Gasteiger partial charge on any atom is 0.248 e. The molecule has 3 aromatic rings. The molecule has 0 aliphatic carbocycles. The summed E-state index contributed by atoms with van der Waals surface area (Å²) in [6, 6.07) is 10.9. The molecule has 0 radical (unpaired) electrons. The number of aromatic nitrogens is 2. The Hall–Kier alpha value is -3.46. The molecular weight excluding hydrogens is 428 g/mol. The largest absolute Gasteiger partial charge is 0.484 e.